The Kier molecular flexibility index (Phi) is 6.85. The van der Waals surface area contributed by atoms with E-state index in [4.69, 9.17) is 11.6 Å². The molecule has 3 amide bonds. The van der Waals surface area contributed by atoms with Crippen molar-refractivity contribution in [1.82, 2.24) is 5.32 Å². The highest BCUT2D eigenvalue weighted by atomic mass is 35.5. The van der Waals surface area contributed by atoms with E-state index in [1.54, 1.807) is 53.4 Å². The Bertz CT molecular complexity index is 918. The van der Waals surface area contributed by atoms with Crippen LogP contribution < -0.4 is 15.5 Å². The van der Waals surface area contributed by atoms with Crippen LogP contribution in [0, 0.1) is 0 Å². The van der Waals surface area contributed by atoms with Crippen LogP contribution in [0.3, 0.4) is 0 Å². The summed E-state index contributed by atoms with van der Waals surface area (Å²) in [6.07, 6.45) is 0.761. The molecule has 0 aromatic heterocycles. The van der Waals surface area contributed by atoms with E-state index in [0.29, 0.717) is 34.9 Å². The van der Waals surface area contributed by atoms with Crippen LogP contribution in [0.25, 0.3) is 0 Å². The van der Waals surface area contributed by atoms with Crippen molar-refractivity contribution >= 4 is 40.7 Å². The first-order valence-electron chi connectivity index (χ1n) is 9.37. The van der Waals surface area contributed by atoms with Gasteiger partial charge in [0.25, 0.3) is 0 Å². The summed E-state index contributed by atoms with van der Waals surface area (Å²) in [5.41, 5.74) is 1.76. The van der Waals surface area contributed by atoms with Crippen LogP contribution >= 0.6 is 11.6 Å². The first-order chi connectivity index (χ1) is 13.9. The van der Waals surface area contributed by atoms with Crippen molar-refractivity contribution in [1.29, 1.82) is 0 Å². The van der Waals surface area contributed by atoms with Crippen LogP contribution in [-0.4, -0.2) is 35.9 Å². The zero-order valence-corrected chi connectivity index (χ0v) is 16.5. The fourth-order valence-electron chi connectivity index (χ4n) is 3.14. The predicted molar refractivity (Wildman–Crippen MR) is 111 cm³/mol. The number of halogens is 1. The standard InChI is InChI=1S/C21H22ClN3O4/c22-15-5-1-4-14(12-15)18(26)9-10-23-20(28)21(29)24-16-6-2-7-17(13-16)25-11-3-8-19(25)27/h1-2,4-7,12-13,18,26H,3,8-11H2,(H,23,28)(H,24,29)/t18-/m1/s1. The maximum Gasteiger partial charge on any atom is 0.313 e. The van der Waals surface area contributed by atoms with Gasteiger partial charge in [-0.05, 0) is 48.7 Å². The van der Waals surface area contributed by atoms with Gasteiger partial charge in [0.1, 0.15) is 0 Å². The molecule has 3 N–H and O–H groups in total. The minimum Gasteiger partial charge on any atom is -0.388 e. The molecule has 0 bridgehead atoms. The van der Waals surface area contributed by atoms with Gasteiger partial charge in [-0.3, -0.25) is 14.4 Å². The van der Waals surface area contributed by atoms with Crippen molar-refractivity contribution in [3.8, 4) is 0 Å². The van der Waals surface area contributed by atoms with Crippen LogP contribution in [0.2, 0.25) is 5.02 Å². The molecular weight excluding hydrogens is 394 g/mol. The molecule has 152 valence electrons. The number of carbonyl (C=O) groups excluding carboxylic acids is 3. The Morgan fingerprint density at radius 2 is 1.93 bits per heavy atom. The summed E-state index contributed by atoms with van der Waals surface area (Å²) in [5, 5.41) is 15.7. The number of aliphatic hydroxyl groups excluding tert-OH is 1. The molecule has 0 unspecified atom stereocenters. The normalized spacial score (nSPS) is 14.6. The number of nitrogens with zero attached hydrogens (tertiary/aromatic N) is 1. The van der Waals surface area contributed by atoms with Crippen LogP contribution in [0.4, 0.5) is 11.4 Å². The Morgan fingerprint density at radius 1 is 1.14 bits per heavy atom. The largest absolute Gasteiger partial charge is 0.388 e. The summed E-state index contributed by atoms with van der Waals surface area (Å²) in [6, 6.07) is 13.7. The van der Waals surface area contributed by atoms with Crippen molar-refractivity contribution in [2.75, 3.05) is 23.3 Å². The Hall–Kier alpha value is -2.90. The Morgan fingerprint density at radius 3 is 2.66 bits per heavy atom. The van der Waals surface area contributed by atoms with Gasteiger partial charge in [0.15, 0.2) is 0 Å². The second-order valence-corrected chi connectivity index (χ2v) is 7.21. The van der Waals surface area contributed by atoms with E-state index < -0.39 is 17.9 Å². The van der Waals surface area contributed by atoms with Gasteiger partial charge in [0, 0.05) is 35.9 Å². The van der Waals surface area contributed by atoms with Crippen LogP contribution in [0.5, 0.6) is 0 Å². The van der Waals surface area contributed by atoms with E-state index in [0.717, 1.165) is 6.42 Å². The lowest BCUT2D eigenvalue weighted by atomic mass is 10.1. The molecule has 8 heteroatoms. The lowest BCUT2D eigenvalue weighted by Crippen LogP contribution is -2.36. The van der Waals surface area contributed by atoms with Crippen LogP contribution in [0.1, 0.15) is 30.9 Å². The van der Waals surface area contributed by atoms with Gasteiger partial charge < -0.3 is 20.6 Å². The molecule has 1 aliphatic rings. The molecule has 0 aliphatic carbocycles. The third-order valence-electron chi connectivity index (χ3n) is 4.63. The lowest BCUT2D eigenvalue weighted by Gasteiger charge is -2.16. The molecule has 0 radical (unpaired) electrons. The van der Waals surface area contributed by atoms with Gasteiger partial charge in [0.05, 0.1) is 6.10 Å². The zero-order chi connectivity index (χ0) is 20.8. The minimum atomic E-state index is -0.813. The number of anilines is 2. The summed E-state index contributed by atoms with van der Waals surface area (Å²) >= 11 is 5.90. The fourth-order valence-corrected chi connectivity index (χ4v) is 3.34. The van der Waals surface area contributed by atoms with Crippen molar-refractivity contribution in [2.45, 2.75) is 25.4 Å². The number of hydrogen-bond donors (Lipinski definition) is 3. The first kappa shape index (κ1) is 20.8. The van der Waals surface area contributed by atoms with Gasteiger partial charge in [-0.1, -0.05) is 29.8 Å². The van der Waals surface area contributed by atoms with Crippen molar-refractivity contribution in [2.24, 2.45) is 0 Å². The van der Waals surface area contributed by atoms with E-state index in [9.17, 15) is 19.5 Å². The second-order valence-electron chi connectivity index (χ2n) is 6.77. The maximum atomic E-state index is 12.1. The van der Waals surface area contributed by atoms with Crippen molar-refractivity contribution < 1.29 is 19.5 Å². The molecule has 1 heterocycles. The number of amides is 3. The highest BCUT2D eigenvalue weighted by molar-refractivity contribution is 6.39. The number of benzene rings is 2. The quantitative estimate of drug-likeness (QED) is 0.631. The van der Waals surface area contributed by atoms with Crippen molar-refractivity contribution in [3.63, 3.8) is 0 Å². The monoisotopic (exact) mass is 415 g/mol. The van der Waals surface area contributed by atoms with Gasteiger partial charge >= 0.3 is 11.8 Å². The molecule has 29 heavy (non-hydrogen) atoms. The molecule has 0 spiro atoms. The zero-order valence-electron chi connectivity index (χ0n) is 15.7. The second kappa shape index (κ2) is 9.54. The average Bonchev–Trinajstić information content (AvgIpc) is 3.14. The van der Waals surface area contributed by atoms with Crippen LogP contribution in [0.15, 0.2) is 48.5 Å². The predicted octanol–water partition coefficient (Wildman–Crippen LogP) is 2.65. The first-order valence-corrected chi connectivity index (χ1v) is 9.75. The third-order valence-corrected chi connectivity index (χ3v) is 4.87. The smallest absolute Gasteiger partial charge is 0.313 e. The number of hydrogen-bond acceptors (Lipinski definition) is 4. The van der Waals surface area contributed by atoms with E-state index in [1.807, 2.05) is 0 Å². The van der Waals surface area contributed by atoms with Gasteiger partial charge in [0.2, 0.25) is 5.91 Å². The molecule has 1 fully saturated rings. The number of nitrogens with one attached hydrogen (secondary N) is 2. The summed E-state index contributed by atoms with van der Waals surface area (Å²) < 4.78 is 0. The summed E-state index contributed by atoms with van der Waals surface area (Å²) in [6.45, 7) is 0.772. The molecule has 1 saturated heterocycles. The highest BCUT2D eigenvalue weighted by Gasteiger charge is 2.22. The molecule has 0 saturated carbocycles. The van der Waals surface area contributed by atoms with Crippen molar-refractivity contribution in [3.05, 3.63) is 59.1 Å². The molecule has 7 nitrogen and oxygen atoms in total. The number of aliphatic hydroxyl groups is 1. The summed E-state index contributed by atoms with van der Waals surface area (Å²) in [5.74, 6) is -1.57. The lowest BCUT2D eigenvalue weighted by molar-refractivity contribution is -0.136. The minimum absolute atomic E-state index is 0.0458. The van der Waals surface area contributed by atoms with E-state index in [2.05, 4.69) is 10.6 Å². The van der Waals surface area contributed by atoms with E-state index in [-0.39, 0.29) is 18.9 Å². The summed E-state index contributed by atoms with van der Waals surface area (Å²) in [7, 11) is 0. The fraction of sp³-hybridized carbons (Fsp3) is 0.286. The topological polar surface area (TPSA) is 98.7 Å². The number of carbonyl (C=O) groups is 3. The van der Waals surface area contributed by atoms with Gasteiger partial charge in [-0.2, -0.15) is 0 Å². The molecular formula is C21H22ClN3O4. The summed E-state index contributed by atoms with van der Waals surface area (Å²) in [4.78, 5) is 37.7. The third kappa shape index (κ3) is 5.56. The van der Waals surface area contributed by atoms with Crippen LogP contribution in [-0.2, 0) is 14.4 Å². The van der Waals surface area contributed by atoms with E-state index in [1.165, 1.54) is 0 Å². The molecule has 1 atom stereocenters. The number of rotatable bonds is 6. The SMILES string of the molecule is O=C(NCC[C@@H](O)c1cccc(Cl)c1)C(=O)Nc1cccc(N2CCCC2=O)c1. The van der Waals surface area contributed by atoms with Gasteiger partial charge in [-0.25, -0.2) is 0 Å². The molecule has 2 aromatic carbocycles. The molecule has 3 rings (SSSR count). The molecule has 2 aromatic rings. The maximum absolute atomic E-state index is 12.1. The average molecular weight is 416 g/mol. The van der Waals surface area contributed by atoms with Gasteiger partial charge in [-0.15, -0.1) is 0 Å². The Labute approximate surface area is 173 Å². The highest BCUT2D eigenvalue weighted by Crippen LogP contribution is 2.24. The Balaban J connectivity index is 1.49. The molecule has 1 aliphatic heterocycles. The van der Waals surface area contributed by atoms with E-state index >= 15 is 0 Å².